The summed E-state index contributed by atoms with van der Waals surface area (Å²) in [5, 5.41) is 15.1. The molecule has 0 saturated carbocycles. The zero-order valence-electron chi connectivity index (χ0n) is 13.5. The summed E-state index contributed by atoms with van der Waals surface area (Å²) in [6.45, 7) is 6.01. The average molecular weight is 319 g/mol. The van der Waals surface area contributed by atoms with Gasteiger partial charge in [-0.05, 0) is 32.9 Å². The summed E-state index contributed by atoms with van der Waals surface area (Å²) in [7, 11) is 0. The van der Waals surface area contributed by atoms with Gasteiger partial charge in [-0.1, -0.05) is 0 Å². The first kappa shape index (κ1) is 15.5. The lowest BCUT2D eigenvalue weighted by Gasteiger charge is -2.26. The van der Waals surface area contributed by atoms with Gasteiger partial charge in [0.1, 0.15) is 23.0 Å². The van der Waals surface area contributed by atoms with E-state index in [9.17, 15) is 9.90 Å². The molecule has 0 bridgehead atoms. The molecule has 23 heavy (non-hydrogen) atoms. The lowest BCUT2D eigenvalue weighted by Crippen LogP contribution is -2.38. The van der Waals surface area contributed by atoms with Crippen LogP contribution in [0.4, 0.5) is 10.6 Å². The van der Waals surface area contributed by atoms with Crippen LogP contribution in [0.3, 0.4) is 0 Å². The van der Waals surface area contributed by atoms with E-state index in [2.05, 4.69) is 10.1 Å². The highest BCUT2D eigenvalue weighted by molar-refractivity contribution is 5.69. The second kappa shape index (κ2) is 5.09. The predicted octanol–water partition coefficient (Wildman–Crippen LogP) is 1.14. The van der Waals surface area contributed by atoms with Crippen molar-refractivity contribution >= 4 is 17.4 Å². The van der Waals surface area contributed by atoms with E-state index in [1.54, 1.807) is 16.6 Å². The number of likely N-dealkylation sites (tertiary alicyclic amines) is 1. The number of aliphatic hydroxyl groups is 1. The number of ether oxygens (including phenoxy) is 1. The van der Waals surface area contributed by atoms with E-state index in [0.717, 1.165) is 0 Å². The molecule has 3 N–H and O–H groups in total. The van der Waals surface area contributed by atoms with Crippen LogP contribution >= 0.6 is 0 Å². The van der Waals surface area contributed by atoms with Gasteiger partial charge >= 0.3 is 6.09 Å². The number of β-amino-alcohol motifs (C(OH)–C–C–N with tert-alkyl or cyclic N) is 1. The smallest absolute Gasteiger partial charge is 0.410 e. The molecule has 0 aliphatic carbocycles. The molecule has 2 aromatic heterocycles. The molecule has 8 heteroatoms. The van der Waals surface area contributed by atoms with Crippen molar-refractivity contribution in [1.29, 1.82) is 0 Å². The molecule has 0 aromatic carbocycles. The van der Waals surface area contributed by atoms with Crippen LogP contribution in [0.15, 0.2) is 18.5 Å². The van der Waals surface area contributed by atoms with E-state index in [0.29, 0.717) is 30.0 Å². The Bertz CT molecular complexity index is 751. The number of carbonyl (C=O) groups excluding carboxylic acids is 1. The number of hydrogen-bond acceptors (Lipinski definition) is 6. The van der Waals surface area contributed by atoms with Crippen molar-refractivity contribution in [3.8, 4) is 0 Å². The van der Waals surface area contributed by atoms with Crippen molar-refractivity contribution in [1.82, 2.24) is 19.5 Å². The minimum atomic E-state index is -1.19. The fraction of sp³-hybridized carbons (Fsp3) is 0.533. The summed E-state index contributed by atoms with van der Waals surface area (Å²) in [5.41, 5.74) is 5.28. The van der Waals surface area contributed by atoms with Gasteiger partial charge in [0.15, 0.2) is 5.82 Å². The lowest BCUT2D eigenvalue weighted by molar-refractivity contribution is 0.0121. The summed E-state index contributed by atoms with van der Waals surface area (Å²) < 4.78 is 6.93. The summed E-state index contributed by atoms with van der Waals surface area (Å²) in [6.07, 6.45) is 1.32. The van der Waals surface area contributed by atoms with Crippen molar-refractivity contribution in [3.63, 3.8) is 0 Å². The van der Waals surface area contributed by atoms with E-state index in [-0.39, 0.29) is 6.54 Å². The Hall–Kier alpha value is -2.35. The fourth-order valence-electron chi connectivity index (χ4n) is 2.79. The van der Waals surface area contributed by atoms with Gasteiger partial charge in [-0.2, -0.15) is 5.10 Å². The van der Waals surface area contributed by atoms with Crippen LogP contribution in [0, 0.1) is 0 Å². The number of anilines is 1. The largest absolute Gasteiger partial charge is 0.444 e. The second-order valence-electron chi connectivity index (χ2n) is 6.84. The Balaban J connectivity index is 1.86. The number of nitrogens with two attached hydrogens (primary N) is 1. The first-order valence-electron chi connectivity index (χ1n) is 7.49. The van der Waals surface area contributed by atoms with Crippen molar-refractivity contribution in [2.24, 2.45) is 0 Å². The quantitative estimate of drug-likeness (QED) is 0.816. The highest BCUT2D eigenvalue weighted by atomic mass is 16.6. The Morgan fingerprint density at radius 3 is 2.87 bits per heavy atom. The van der Waals surface area contributed by atoms with E-state index in [1.165, 1.54) is 11.2 Å². The van der Waals surface area contributed by atoms with Crippen LogP contribution in [0.5, 0.6) is 0 Å². The third-order valence-corrected chi connectivity index (χ3v) is 3.86. The molecule has 8 nitrogen and oxygen atoms in total. The van der Waals surface area contributed by atoms with Crippen molar-refractivity contribution in [2.45, 2.75) is 38.4 Å². The molecule has 3 rings (SSSR count). The van der Waals surface area contributed by atoms with Gasteiger partial charge < -0.3 is 20.5 Å². The highest BCUT2D eigenvalue weighted by Crippen LogP contribution is 2.33. The predicted molar refractivity (Wildman–Crippen MR) is 83.7 cm³/mol. The van der Waals surface area contributed by atoms with Gasteiger partial charge in [0.05, 0.1) is 12.2 Å². The minimum Gasteiger partial charge on any atom is -0.444 e. The third-order valence-electron chi connectivity index (χ3n) is 3.86. The minimum absolute atomic E-state index is 0.151. The Morgan fingerprint density at radius 1 is 1.43 bits per heavy atom. The van der Waals surface area contributed by atoms with Crippen LogP contribution in [0.2, 0.25) is 0 Å². The number of amides is 1. The Kier molecular flexibility index (Phi) is 3.44. The molecule has 0 radical (unpaired) electrons. The van der Waals surface area contributed by atoms with Gasteiger partial charge in [-0.3, -0.25) is 0 Å². The van der Waals surface area contributed by atoms with Crippen LogP contribution in [0.1, 0.15) is 32.9 Å². The van der Waals surface area contributed by atoms with Crippen LogP contribution < -0.4 is 5.73 Å². The molecular formula is C15H21N5O3. The molecule has 1 aliphatic rings. The molecule has 1 atom stereocenters. The number of fused-ring (bicyclic) bond motifs is 1. The summed E-state index contributed by atoms with van der Waals surface area (Å²) >= 11 is 0. The monoisotopic (exact) mass is 319 g/mol. The average Bonchev–Trinajstić information content (AvgIpc) is 3.02. The number of nitrogens with zero attached hydrogens (tertiary/aromatic N) is 4. The fourth-order valence-corrected chi connectivity index (χ4v) is 2.79. The first-order valence-corrected chi connectivity index (χ1v) is 7.49. The summed E-state index contributed by atoms with van der Waals surface area (Å²) in [6, 6.07) is 3.53. The van der Waals surface area contributed by atoms with Crippen molar-refractivity contribution in [2.75, 3.05) is 18.8 Å². The van der Waals surface area contributed by atoms with Gasteiger partial charge in [-0.15, -0.1) is 0 Å². The molecule has 1 aliphatic heterocycles. The van der Waals surface area contributed by atoms with Gasteiger partial charge in [0, 0.05) is 13.0 Å². The molecule has 3 heterocycles. The van der Waals surface area contributed by atoms with E-state index in [1.807, 2.05) is 20.8 Å². The van der Waals surface area contributed by atoms with Crippen LogP contribution in [0.25, 0.3) is 5.52 Å². The summed E-state index contributed by atoms with van der Waals surface area (Å²) in [4.78, 5) is 17.6. The molecule has 1 unspecified atom stereocenters. The number of hydrogen-bond donors (Lipinski definition) is 2. The topological polar surface area (TPSA) is 106 Å². The standard InChI is InChI=1S/C15H21N5O3/c1-14(2,3)23-13(21)19-7-6-15(22,8-19)11-5-4-10-12(16)17-9-18-20(10)11/h4-5,9,22H,6-8H2,1-3H3,(H2,16,17,18). The molecular weight excluding hydrogens is 298 g/mol. The third kappa shape index (κ3) is 2.81. The molecule has 0 spiro atoms. The molecule has 1 saturated heterocycles. The second-order valence-corrected chi connectivity index (χ2v) is 6.84. The Labute approximate surface area is 133 Å². The molecule has 1 amide bonds. The number of aromatic nitrogens is 3. The number of rotatable bonds is 1. The number of nitrogen functional groups attached to an aromatic ring is 1. The zero-order chi connectivity index (χ0) is 16.8. The van der Waals surface area contributed by atoms with Crippen molar-refractivity contribution < 1.29 is 14.6 Å². The Morgan fingerprint density at radius 2 is 2.17 bits per heavy atom. The van der Waals surface area contributed by atoms with Crippen molar-refractivity contribution in [3.05, 3.63) is 24.2 Å². The van der Waals surface area contributed by atoms with Gasteiger partial charge in [0.25, 0.3) is 0 Å². The van der Waals surface area contributed by atoms with Crippen LogP contribution in [-0.2, 0) is 10.3 Å². The van der Waals surface area contributed by atoms with E-state index in [4.69, 9.17) is 10.5 Å². The maximum Gasteiger partial charge on any atom is 0.410 e. The zero-order valence-corrected chi connectivity index (χ0v) is 13.5. The summed E-state index contributed by atoms with van der Waals surface area (Å²) in [5.74, 6) is 0.344. The van der Waals surface area contributed by atoms with Gasteiger partial charge in [-0.25, -0.2) is 14.3 Å². The first-order chi connectivity index (χ1) is 10.7. The highest BCUT2D eigenvalue weighted by Gasteiger charge is 2.43. The van der Waals surface area contributed by atoms with E-state index < -0.39 is 17.3 Å². The van der Waals surface area contributed by atoms with E-state index >= 15 is 0 Å². The number of carbonyl (C=O) groups is 1. The van der Waals surface area contributed by atoms with Gasteiger partial charge in [0.2, 0.25) is 0 Å². The lowest BCUT2D eigenvalue weighted by atomic mass is 9.99. The maximum absolute atomic E-state index is 12.2. The molecule has 2 aromatic rings. The maximum atomic E-state index is 12.2. The normalized spacial score (nSPS) is 21.8. The van der Waals surface area contributed by atoms with Crippen LogP contribution in [-0.4, -0.2) is 49.4 Å². The SMILES string of the molecule is CC(C)(C)OC(=O)N1CCC(O)(c2ccc3c(N)ncnn23)C1. The molecule has 124 valence electrons. The molecule has 1 fully saturated rings.